The van der Waals surface area contributed by atoms with Crippen LogP contribution in [0.4, 0.5) is 4.39 Å². The number of carbonyl (C=O) groups is 1. The summed E-state index contributed by atoms with van der Waals surface area (Å²) in [5.74, 6) is -0.430. The Bertz CT molecular complexity index is 973. The average molecular weight is 448 g/mol. The van der Waals surface area contributed by atoms with Crippen LogP contribution < -0.4 is 9.47 Å². The number of phenolic OH excluding ortho intramolecular Hbond substituents is 1. The van der Waals surface area contributed by atoms with Crippen LogP contribution in [0.1, 0.15) is 21.5 Å². The molecule has 172 valence electrons. The number of aryl methyl sites for hydroxylation is 1. The van der Waals surface area contributed by atoms with Gasteiger partial charge < -0.3 is 34.6 Å². The Morgan fingerprint density at radius 3 is 2.50 bits per heavy atom. The van der Waals surface area contributed by atoms with Crippen LogP contribution >= 0.6 is 0 Å². The quantitative estimate of drug-likeness (QED) is 0.373. The Kier molecular flexibility index (Phi) is 7.47. The normalized spacial score (nSPS) is 25.6. The van der Waals surface area contributed by atoms with E-state index in [9.17, 15) is 29.6 Å². The maximum atomic E-state index is 14.0. The number of aromatic hydroxyl groups is 1. The van der Waals surface area contributed by atoms with Crippen LogP contribution in [0.2, 0.25) is 0 Å². The SMILES string of the molecule is COc1ccc(/C=C/C(=O)c2c(O)cc(C)cc2OC2OC(CO)C(F)C(O)C2O)cc1. The molecule has 5 atom stereocenters. The standard InChI is InChI=1S/C23H25FO8/c1-12-9-16(27)19(15(26)8-5-13-3-6-14(30-2)7-4-13)17(10-12)31-23-22(29)21(28)20(24)18(11-25)32-23/h3-10,18,20-23,25,27-29H,11H2,1-2H3/b8-5+. The third-order valence-corrected chi connectivity index (χ3v) is 5.06. The topological polar surface area (TPSA) is 126 Å². The summed E-state index contributed by atoms with van der Waals surface area (Å²) < 4.78 is 29.9. The van der Waals surface area contributed by atoms with Gasteiger partial charge in [-0.2, -0.15) is 0 Å². The minimum Gasteiger partial charge on any atom is -0.507 e. The molecule has 9 heteroatoms. The monoisotopic (exact) mass is 448 g/mol. The number of carbonyl (C=O) groups excluding carboxylic acids is 1. The van der Waals surface area contributed by atoms with Gasteiger partial charge in [-0.1, -0.05) is 18.2 Å². The van der Waals surface area contributed by atoms with Crippen LogP contribution in [0.5, 0.6) is 17.2 Å². The van der Waals surface area contributed by atoms with Gasteiger partial charge in [-0.05, 0) is 48.4 Å². The second kappa shape index (κ2) is 10.1. The lowest BCUT2D eigenvalue weighted by Crippen LogP contribution is -2.58. The molecule has 2 aromatic rings. The van der Waals surface area contributed by atoms with Crippen LogP contribution in [-0.2, 0) is 4.74 Å². The van der Waals surface area contributed by atoms with Crippen molar-refractivity contribution in [2.24, 2.45) is 0 Å². The van der Waals surface area contributed by atoms with Gasteiger partial charge in [0.15, 0.2) is 12.0 Å². The van der Waals surface area contributed by atoms with Crippen molar-refractivity contribution in [1.82, 2.24) is 0 Å². The maximum Gasteiger partial charge on any atom is 0.229 e. The van der Waals surface area contributed by atoms with Crippen molar-refractivity contribution in [3.63, 3.8) is 0 Å². The van der Waals surface area contributed by atoms with Crippen molar-refractivity contribution < 1.29 is 43.8 Å². The van der Waals surface area contributed by atoms with Gasteiger partial charge >= 0.3 is 0 Å². The Morgan fingerprint density at radius 2 is 1.88 bits per heavy atom. The van der Waals surface area contributed by atoms with Crippen molar-refractivity contribution >= 4 is 11.9 Å². The Balaban J connectivity index is 1.87. The van der Waals surface area contributed by atoms with Gasteiger partial charge in [-0.3, -0.25) is 4.79 Å². The number of halogens is 1. The number of aliphatic hydroxyl groups excluding tert-OH is 3. The fraction of sp³-hybridized carbons (Fsp3) is 0.348. The molecule has 8 nitrogen and oxygen atoms in total. The lowest BCUT2D eigenvalue weighted by molar-refractivity contribution is -0.265. The molecule has 0 spiro atoms. The predicted octanol–water partition coefficient (Wildman–Crippen LogP) is 1.76. The summed E-state index contributed by atoms with van der Waals surface area (Å²) >= 11 is 0. The van der Waals surface area contributed by atoms with Gasteiger partial charge in [-0.15, -0.1) is 0 Å². The van der Waals surface area contributed by atoms with Gasteiger partial charge in [0.1, 0.15) is 41.1 Å². The Labute approximate surface area is 184 Å². The van der Waals surface area contributed by atoms with Crippen LogP contribution in [0, 0.1) is 6.92 Å². The Hall–Kier alpha value is -2.98. The number of methoxy groups -OCH3 is 1. The van der Waals surface area contributed by atoms with Gasteiger partial charge in [0, 0.05) is 0 Å². The summed E-state index contributed by atoms with van der Waals surface area (Å²) in [5.41, 5.74) is 1.05. The highest BCUT2D eigenvalue weighted by atomic mass is 19.1. The van der Waals surface area contributed by atoms with E-state index in [0.717, 1.165) is 0 Å². The number of phenols is 1. The number of rotatable bonds is 7. The number of allylic oxidation sites excluding steroid dienone is 1. The molecule has 32 heavy (non-hydrogen) atoms. The maximum absolute atomic E-state index is 14.0. The molecule has 0 bridgehead atoms. The fourth-order valence-corrected chi connectivity index (χ4v) is 3.31. The fourth-order valence-electron chi connectivity index (χ4n) is 3.31. The number of hydrogen-bond donors (Lipinski definition) is 4. The van der Waals surface area contributed by atoms with Crippen molar-refractivity contribution in [2.75, 3.05) is 13.7 Å². The van der Waals surface area contributed by atoms with Crippen molar-refractivity contribution in [1.29, 1.82) is 0 Å². The van der Waals surface area contributed by atoms with E-state index in [1.165, 1.54) is 24.3 Å². The smallest absolute Gasteiger partial charge is 0.229 e. The molecular formula is C23H25FO8. The number of alkyl halides is 1. The van der Waals surface area contributed by atoms with E-state index in [-0.39, 0.29) is 17.1 Å². The first-order valence-electron chi connectivity index (χ1n) is 9.88. The molecule has 2 aromatic carbocycles. The minimum atomic E-state index is -2.02. The summed E-state index contributed by atoms with van der Waals surface area (Å²) in [4.78, 5) is 12.8. The van der Waals surface area contributed by atoms with Gasteiger partial charge in [-0.25, -0.2) is 4.39 Å². The minimum absolute atomic E-state index is 0.128. The highest BCUT2D eigenvalue weighted by Crippen LogP contribution is 2.34. The molecule has 3 rings (SSSR count). The summed E-state index contributed by atoms with van der Waals surface area (Å²) in [6, 6.07) is 9.74. The molecule has 0 aromatic heterocycles. The van der Waals surface area contributed by atoms with E-state index in [1.54, 1.807) is 38.3 Å². The number of ether oxygens (including phenoxy) is 3. The number of ketones is 1. The first-order chi connectivity index (χ1) is 15.2. The second-order valence-electron chi connectivity index (χ2n) is 7.40. The van der Waals surface area contributed by atoms with E-state index < -0.39 is 43.2 Å². The van der Waals surface area contributed by atoms with E-state index in [4.69, 9.17) is 14.2 Å². The first-order valence-corrected chi connectivity index (χ1v) is 9.88. The van der Waals surface area contributed by atoms with Crippen molar-refractivity contribution in [2.45, 2.75) is 37.7 Å². The molecule has 1 aliphatic heterocycles. The molecule has 4 N–H and O–H groups in total. The Morgan fingerprint density at radius 1 is 1.19 bits per heavy atom. The average Bonchev–Trinajstić information content (AvgIpc) is 2.77. The predicted molar refractivity (Wildman–Crippen MR) is 112 cm³/mol. The molecule has 1 saturated heterocycles. The zero-order valence-electron chi connectivity index (χ0n) is 17.5. The summed E-state index contributed by atoms with van der Waals surface area (Å²) in [5, 5.41) is 39.7. The highest BCUT2D eigenvalue weighted by molar-refractivity contribution is 6.10. The van der Waals surface area contributed by atoms with Crippen LogP contribution in [0.15, 0.2) is 42.5 Å². The van der Waals surface area contributed by atoms with Gasteiger partial charge in [0.05, 0.1) is 13.7 Å². The van der Waals surface area contributed by atoms with Gasteiger partial charge in [0.25, 0.3) is 0 Å². The second-order valence-corrected chi connectivity index (χ2v) is 7.40. The molecule has 0 radical (unpaired) electrons. The number of hydrogen-bond acceptors (Lipinski definition) is 8. The molecule has 5 unspecified atom stereocenters. The molecule has 0 saturated carbocycles. The molecule has 1 heterocycles. The van der Waals surface area contributed by atoms with Crippen LogP contribution in [0.25, 0.3) is 6.08 Å². The van der Waals surface area contributed by atoms with Crippen LogP contribution in [0.3, 0.4) is 0 Å². The summed E-state index contributed by atoms with van der Waals surface area (Å²) in [6.45, 7) is 0.898. The lowest BCUT2D eigenvalue weighted by Gasteiger charge is -2.38. The summed E-state index contributed by atoms with van der Waals surface area (Å²) in [6.07, 6.45) is -5.89. The number of benzene rings is 2. The van der Waals surface area contributed by atoms with Crippen molar-refractivity contribution in [3.05, 3.63) is 59.2 Å². The van der Waals surface area contributed by atoms with E-state index in [1.807, 2.05) is 0 Å². The lowest BCUT2D eigenvalue weighted by atomic mass is 10.00. The van der Waals surface area contributed by atoms with Crippen LogP contribution in [-0.4, -0.2) is 70.7 Å². The molecule has 0 amide bonds. The van der Waals surface area contributed by atoms with E-state index in [2.05, 4.69) is 0 Å². The molecular weight excluding hydrogens is 423 g/mol. The zero-order valence-corrected chi connectivity index (χ0v) is 17.5. The summed E-state index contributed by atoms with van der Waals surface area (Å²) in [7, 11) is 1.54. The first kappa shape index (κ1) is 23.7. The van der Waals surface area contributed by atoms with E-state index in [0.29, 0.717) is 16.9 Å². The molecule has 0 aliphatic carbocycles. The third kappa shape index (κ3) is 5.08. The number of aliphatic hydroxyl groups is 3. The zero-order chi connectivity index (χ0) is 23.4. The molecule has 1 fully saturated rings. The van der Waals surface area contributed by atoms with Crippen molar-refractivity contribution in [3.8, 4) is 17.2 Å². The largest absolute Gasteiger partial charge is 0.507 e. The molecule has 1 aliphatic rings. The third-order valence-electron chi connectivity index (χ3n) is 5.06. The highest BCUT2D eigenvalue weighted by Gasteiger charge is 2.46. The van der Waals surface area contributed by atoms with Gasteiger partial charge in [0.2, 0.25) is 6.29 Å². The van der Waals surface area contributed by atoms with E-state index >= 15 is 0 Å².